The van der Waals surface area contributed by atoms with Crippen LogP contribution in [-0.4, -0.2) is 32.9 Å². The van der Waals surface area contributed by atoms with Crippen molar-refractivity contribution < 1.29 is 4.43 Å². The van der Waals surface area contributed by atoms with Crippen LogP contribution < -0.4 is 0 Å². The normalized spacial score (nSPS) is 16.7. The summed E-state index contributed by atoms with van der Waals surface area (Å²) in [4.78, 5) is 2.46. The molecule has 0 aliphatic carbocycles. The topological polar surface area (TPSA) is 36.3 Å². The maximum Gasteiger partial charge on any atom is 0.191 e. The van der Waals surface area contributed by atoms with Gasteiger partial charge in [-0.1, -0.05) is 81.4 Å². The molecule has 2 aromatic rings. The molecular weight excluding hydrogens is 396 g/mol. The highest BCUT2D eigenvalue weighted by atomic mass is 28.4. The predicted octanol–water partition coefficient (Wildman–Crippen LogP) is 6.79. The van der Waals surface area contributed by atoms with Crippen LogP contribution >= 0.6 is 0 Å². The fourth-order valence-electron chi connectivity index (χ4n) is 4.19. The Balaban J connectivity index is 1.57. The number of rotatable bonds is 9. The highest BCUT2D eigenvalue weighted by Gasteiger charge is 2.46. The van der Waals surface area contributed by atoms with Gasteiger partial charge in [0.15, 0.2) is 8.32 Å². The van der Waals surface area contributed by atoms with Crippen LogP contribution in [0, 0.1) is 16.7 Å². The fourth-order valence-corrected chi connectivity index (χ4v) is 5.28. The van der Waals surface area contributed by atoms with Crippen LogP contribution in [0.15, 0.2) is 60.7 Å². The highest BCUT2D eigenvalue weighted by molar-refractivity contribution is 6.74. The lowest BCUT2D eigenvalue weighted by Crippen LogP contribution is -2.56. The first-order valence-corrected chi connectivity index (χ1v) is 14.5. The first-order chi connectivity index (χ1) is 14.7. The summed E-state index contributed by atoms with van der Waals surface area (Å²) in [6.45, 7) is 13.9. The van der Waals surface area contributed by atoms with Crippen LogP contribution in [0.25, 0.3) is 0 Å². The average Bonchev–Trinajstić information content (AvgIpc) is 2.72. The number of nitriles is 1. The number of benzene rings is 2. The summed E-state index contributed by atoms with van der Waals surface area (Å²) in [5.74, 6) is 0. The lowest BCUT2D eigenvalue weighted by molar-refractivity contribution is 0.0114. The van der Waals surface area contributed by atoms with Crippen molar-refractivity contribution >= 4 is 8.32 Å². The molecule has 3 rings (SSSR count). The van der Waals surface area contributed by atoms with E-state index in [4.69, 9.17) is 4.43 Å². The van der Waals surface area contributed by atoms with Crippen molar-refractivity contribution in [3.05, 3.63) is 71.8 Å². The van der Waals surface area contributed by atoms with E-state index in [1.54, 1.807) is 0 Å². The summed E-state index contributed by atoms with van der Waals surface area (Å²) in [5.41, 5.74) is 2.37. The number of nitrogens with zero attached hydrogens (tertiary/aromatic N) is 2. The van der Waals surface area contributed by atoms with E-state index in [0.29, 0.717) is 0 Å². The van der Waals surface area contributed by atoms with Crippen molar-refractivity contribution in [3.8, 4) is 6.07 Å². The van der Waals surface area contributed by atoms with Gasteiger partial charge in [-0.05, 0) is 48.5 Å². The molecular formula is C27H38N2OSi. The average molecular weight is 435 g/mol. The van der Waals surface area contributed by atoms with E-state index in [9.17, 15) is 5.26 Å². The van der Waals surface area contributed by atoms with E-state index in [1.165, 1.54) is 11.1 Å². The van der Waals surface area contributed by atoms with Crippen molar-refractivity contribution in [2.24, 2.45) is 5.41 Å². The molecule has 31 heavy (non-hydrogen) atoms. The van der Waals surface area contributed by atoms with Gasteiger partial charge in [-0.2, -0.15) is 5.26 Å². The summed E-state index contributed by atoms with van der Waals surface area (Å²) in [6.07, 6.45) is 3.05. The third kappa shape index (κ3) is 5.66. The minimum atomic E-state index is -1.68. The summed E-state index contributed by atoms with van der Waals surface area (Å²) < 4.78 is 6.31. The second-order valence-corrected chi connectivity index (χ2v) is 15.4. The van der Waals surface area contributed by atoms with Crippen LogP contribution in [0.4, 0.5) is 0 Å². The Hall–Kier alpha value is -1.93. The molecule has 0 aromatic heterocycles. The molecule has 1 saturated heterocycles. The minimum Gasteiger partial charge on any atom is -0.417 e. The second kappa shape index (κ2) is 9.69. The third-order valence-electron chi connectivity index (χ3n) is 7.16. The Morgan fingerprint density at radius 1 is 0.968 bits per heavy atom. The van der Waals surface area contributed by atoms with E-state index in [1.807, 2.05) is 0 Å². The number of unbranched alkanes of at least 4 members (excludes halogenated alkanes) is 1. The van der Waals surface area contributed by atoms with E-state index in [0.717, 1.165) is 39.0 Å². The Labute approximate surface area is 190 Å². The van der Waals surface area contributed by atoms with E-state index < -0.39 is 8.32 Å². The molecule has 0 saturated carbocycles. The molecule has 1 aliphatic heterocycles. The maximum atomic E-state index is 9.97. The Kier molecular flexibility index (Phi) is 7.42. The molecule has 4 heteroatoms. The zero-order chi connectivity index (χ0) is 22.5. The van der Waals surface area contributed by atoms with Crippen LogP contribution in [0.2, 0.25) is 18.1 Å². The molecule has 0 amide bonds. The molecule has 0 N–H and O–H groups in total. The summed E-state index contributed by atoms with van der Waals surface area (Å²) in [5, 5.41) is 10.2. The van der Waals surface area contributed by atoms with Gasteiger partial charge < -0.3 is 4.43 Å². The van der Waals surface area contributed by atoms with Gasteiger partial charge in [0.05, 0.1) is 17.5 Å². The van der Waals surface area contributed by atoms with Crippen molar-refractivity contribution in [1.29, 1.82) is 5.26 Å². The standard InChI is InChI=1S/C27H38N2OSi/c1-26(2,3)31(4,5)30-19-13-12-18-27(20-28)21-29(22-27)25(23-14-8-6-9-15-23)24-16-10-7-11-17-24/h6-11,14-17,25H,12-13,18-19,21-22H2,1-5H3. The summed E-state index contributed by atoms with van der Waals surface area (Å²) in [7, 11) is -1.68. The predicted molar refractivity (Wildman–Crippen MR) is 131 cm³/mol. The molecule has 0 unspecified atom stereocenters. The van der Waals surface area contributed by atoms with Crippen molar-refractivity contribution in [3.63, 3.8) is 0 Å². The molecule has 0 atom stereocenters. The largest absolute Gasteiger partial charge is 0.417 e. The Morgan fingerprint density at radius 2 is 1.48 bits per heavy atom. The molecule has 0 radical (unpaired) electrons. The summed E-state index contributed by atoms with van der Waals surface area (Å²) in [6, 6.07) is 24.2. The quantitative estimate of drug-likeness (QED) is 0.322. The summed E-state index contributed by atoms with van der Waals surface area (Å²) >= 11 is 0. The van der Waals surface area contributed by atoms with Crippen LogP contribution in [0.5, 0.6) is 0 Å². The zero-order valence-corrected chi connectivity index (χ0v) is 20.9. The monoisotopic (exact) mass is 434 g/mol. The van der Waals surface area contributed by atoms with Crippen molar-refractivity contribution in [2.45, 2.75) is 64.2 Å². The number of hydrogen-bond acceptors (Lipinski definition) is 3. The molecule has 0 spiro atoms. The van der Waals surface area contributed by atoms with Gasteiger partial charge in [-0.25, -0.2) is 0 Å². The van der Waals surface area contributed by atoms with Gasteiger partial charge in [0.2, 0.25) is 0 Å². The second-order valence-electron chi connectivity index (χ2n) is 10.6. The SMILES string of the molecule is CC(C)(C)[Si](C)(C)OCCCCC1(C#N)CN(C(c2ccccc2)c2ccccc2)C1. The number of likely N-dealkylation sites (tertiary alicyclic amines) is 1. The maximum absolute atomic E-state index is 9.97. The van der Waals surface area contributed by atoms with Gasteiger partial charge in [0.1, 0.15) is 0 Å². The zero-order valence-electron chi connectivity index (χ0n) is 19.9. The highest BCUT2D eigenvalue weighted by Crippen LogP contribution is 2.43. The van der Waals surface area contributed by atoms with E-state index in [2.05, 4.69) is 105 Å². The van der Waals surface area contributed by atoms with Crippen LogP contribution in [-0.2, 0) is 4.43 Å². The molecule has 0 bridgehead atoms. The minimum absolute atomic E-state index is 0.214. The first-order valence-electron chi connectivity index (χ1n) is 11.6. The van der Waals surface area contributed by atoms with Gasteiger partial charge in [0.25, 0.3) is 0 Å². The van der Waals surface area contributed by atoms with Gasteiger partial charge in [0, 0.05) is 19.7 Å². The first kappa shape index (κ1) is 23.7. The van der Waals surface area contributed by atoms with Crippen LogP contribution in [0.3, 0.4) is 0 Å². The fraction of sp³-hybridized carbons (Fsp3) is 0.519. The molecule has 3 nitrogen and oxygen atoms in total. The van der Waals surface area contributed by atoms with Gasteiger partial charge in [-0.15, -0.1) is 0 Å². The van der Waals surface area contributed by atoms with Gasteiger partial charge in [-0.3, -0.25) is 4.90 Å². The van der Waals surface area contributed by atoms with Crippen molar-refractivity contribution in [1.82, 2.24) is 4.90 Å². The Bertz CT molecular complexity index is 822. The van der Waals surface area contributed by atoms with Crippen molar-refractivity contribution in [2.75, 3.05) is 19.7 Å². The molecule has 2 aromatic carbocycles. The van der Waals surface area contributed by atoms with E-state index >= 15 is 0 Å². The van der Waals surface area contributed by atoms with E-state index in [-0.39, 0.29) is 16.5 Å². The molecule has 1 heterocycles. The van der Waals surface area contributed by atoms with Gasteiger partial charge >= 0.3 is 0 Å². The molecule has 166 valence electrons. The molecule has 1 fully saturated rings. The third-order valence-corrected chi connectivity index (χ3v) is 11.7. The Morgan fingerprint density at radius 3 is 1.94 bits per heavy atom. The lowest BCUT2D eigenvalue weighted by Gasteiger charge is -2.50. The smallest absolute Gasteiger partial charge is 0.191 e. The van der Waals surface area contributed by atoms with Crippen LogP contribution in [0.1, 0.15) is 57.2 Å². The lowest BCUT2D eigenvalue weighted by atomic mass is 9.75. The molecule has 1 aliphatic rings. The number of hydrogen-bond donors (Lipinski definition) is 0.